The molecule has 0 saturated heterocycles. The molecule has 0 aliphatic rings. The quantitative estimate of drug-likeness (QED) is 0.413. The van der Waals surface area contributed by atoms with Crippen molar-refractivity contribution in [3.63, 3.8) is 0 Å². The zero-order valence-corrected chi connectivity index (χ0v) is 19.2. The number of carbonyl (C=O) groups is 1. The highest BCUT2D eigenvalue weighted by atomic mass is 35.5. The first kappa shape index (κ1) is 22.8. The van der Waals surface area contributed by atoms with Crippen LogP contribution < -0.4 is 15.8 Å². The molecule has 1 amide bonds. The van der Waals surface area contributed by atoms with E-state index in [0.717, 1.165) is 16.3 Å². The molecule has 3 N–H and O–H groups in total. The first-order valence-electron chi connectivity index (χ1n) is 9.78. The Kier molecular flexibility index (Phi) is 7.35. The number of anilines is 2. The van der Waals surface area contributed by atoms with E-state index in [2.05, 4.69) is 15.3 Å². The Hall–Kier alpha value is -2.84. The second-order valence-corrected chi connectivity index (χ2v) is 9.10. The predicted molar refractivity (Wildman–Crippen MR) is 124 cm³/mol. The van der Waals surface area contributed by atoms with Crippen molar-refractivity contribution in [3.8, 4) is 16.9 Å². The minimum atomic E-state index is -0.844. The number of carbonyl (C=O) groups excluding carboxylic acids is 1. The van der Waals surface area contributed by atoms with Crippen molar-refractivity contribution in [1.29, 1.82) is 0 Å². The zero-order valence-electron chi connectivity index (χ0n) is 17.6. The number of nitrogens with zero attached hydrogens (tertiary/aromatic N) is 2. The summed E-state index contributed by atoms with van der Waals surface area (Å²) in [6.07, 6.45) is 3.24. The van der Waals surface area contributed by atoms with Gasteiger partial charge >= 0.3 is 6.09 Å². The molecule has 0 saturated carbocycles. The summed E-state index contributed by atoms with van der Waals surface area (Å²) in [7, 11) is 0. The molecule has 0 radical (unpaired) electrons. The Morgan fingerprint density at radius 1 is 1.23 bits per heavy atom. The van der Waals surface area contributed by atoms with Gasteiger partial charge in [0.25, 0.3) is 0 Å². The third kappa shape index (κ3) is 6.57. The lowest BCUT2D eigenvalue weighted by atomic mass is 9.95. The van der Waals surface area contributed by atoms with E-state index in [4.69, 9.17) is 26.8 Å². The number of hydrogen-bond acceptors (Lipinski definition) is 7. The lowest BCUT2D eigenvalue weighted by Gasteiger charge is -2.30. The maximum atomic E-state index is 11.3. The number of thiazole rings is 1. The van der Waals surface area contributed by atoms with Gasteiger partial charge in [0.1, 0.15) is 23.8 Å². The van der Waals surface area contributed by atoms with Gasteiger partial charge in [0, 0.05) is 17.8 Å². The van der Waals surface area contributed by atoms with Crippen LogP contribution in [0.2, 0.25) is 5.02 Å². The van der Waals surface area contributed by atoms with E-state index < -0.39 is 11.7 Å². The molecule has 0 aliphatic heterocycles. The van der Waals surface area contributed by atoms with Crippen LogP contribution in [0.4, 0.5) is 15.7 Å². The summed E-state index contributed by atoms with van der Waals surface area (Å²) in [4.78, 5) is 19.8. The summed E-state index contributed by atoms with van der Waals surface area (Å²) in [6.45, 7) is 6.02. The molecule has 0 aliphatic carbocycles. The number of primary amides is 1. The van der Waals surface area contributed by atoms with Crippen LogP contribution in [0, 0.1) is 5.92 Å². The molecular formula is C22H25ClN4O3S. The van der Waals surface area contributed by atoms with Crippen LogP contribution in [0.25, 0.3) is 11.1 Å². The van der Waals surface area contributed by atoms with Crippen molar-refractivity contribution in [2.24, 2.45) is 11.7 Å². The molecule has 2 aromatic heterocycles. The highest BCUT2D eigenvalue weighted by molar-refractivity contribution is 7.13. The second kappa shape index (κ2) is 9.98. The number of nitrogens with two attached hydrogens (primary N) is 1. The van der Waals surface area contributed by atoms with Crippen LogP contribution in [0.3, 0.4) is 0 Å². The van der Waals surface area contributed by atoms with Crippen LogP contribution >= 0.6 is 22.9 Å². The van der Waals surface area contributed by atoms with Gasteiger partial charge in [0.05, 0.1) is 5.02 Å². The minimum absolute atomic E-state index is 0.143. The fourth-order valence-electron chi connectivity index (χ4n) is 3.34. The molecule has 1 atom stereocenters. The summed E-state index contributed by atoms with van der Waals surface area (Å²) in [6, 6.07) is 9.37. The molecule has 9 heteroatoms. The van der Waals surface area contributed by atoms with Crippen LogP contribution in [0.5, 0.6) is 5.75 Å². The SMILES string of the molecule is CC(C)C[C@@](C)(COc1ccc(-c2ccnc(Nc3nccs3)c2)cc1Cl)OC(N)=O. The number of hydrogen-bond donors (Lipinski definition) is 2. The summed E-state index contributed by atoms with van der Waals surface area (Å²) in [5, 5.41) is 6.29. The van der Waals surface area contributed by atoms with Crippen molar-refractivity contribution < 1.29 is 14.3 Å². The highest BCUT2D eigenvalue weighted by Crippen LogP contribution is 2.33. The lowest BCUT2D eigenvalue weighted by Crippen LogP contribution is -2.41. The van der Waals surface area contributed by atoms with Gasteiger partial charge in [0.15, 0.2) is 5.13 Å². The minimum Gasteiger partial charge on any atom is -0.488 e. The number of halogens is 1. The van der Waals surface area contributed by atoms with Crippen molar-refractivity contribution in [3.05, 3.63) is 53.1 Å². The molecule has 0 unspecified atom stereocenters. The second-order valence-electron chi connectivity index (χ2n) is 7.79. The average Bonchev–Trinajstić information content (AvgIpc) is 3.19. The standard InChI is InChI=1S/C22H25ClN4O3S/c1-14(2)12-22(3,30-20(24)28)13-29-18-5-4-15(10-17(18)23)16-6-7-25-19(11-16)27-21-26-8-9-31-21/h4-11,14H,12-13H2,1-3H3,(H2,24,28)(H,25,26,27)/t22-/m0/s1. The highest BCUT2D eigenvalue weighted by Gasteiger charge is 2.30. The van der Waals surface area contributed by atoms with E-state index in [1.165, 1.54) is 11.3 Å². The molecule has 3 aromatic rings. The fraction of sp³-hybridized carbons (Fsp3) is 0.318. The maximum absolute atomic E-state index is 11.3. The van der Waals surface area contributed by atoms with Gasteiger partial charge in [0.2, 0.25) is 0 Å². The third-order valence-electron chi connectivity index (χ3n) is 4.41. The zero-order chi connectivity index (χ0) is 22.4. The fourth-order valence-corrected chi connectivity index (χ4v) is 4.11. The summed E-state index contributed by atoms with van der Waals surface area (Å²) in [5.41, 5.74) is 6.26. The topological polar surface area (TPSA) is 99.4 Å². The van der Waals surface area contributed by atoms with Gasteiger partial charge in [-0.3, -0.25) is 0 Å². The monoisotopic (exact) mass is 460 g/mol. The molecule has 0 spiro atoms. The number of pyridine rings is 1. The molecule has 7 nitrogen and oxygen atoms in total. The van der Waals surface area contributed by atoms with Crippen molar-refractivity contribution in [2.75, 3.05) is 11.9 Å². The van der Waals surface area contributed by atoms with Gasteiger partial charge < -0.3 is 20.5 Å². The van der Waals surface area contributed by atoms with Crippen molar-refractivity contribution in [1.82, 2.24) is 9.97 Å². The number of aromatic nitrogens is 2. The van der Waals surface area contributed by atoms with Gasteiger partial charge in [-0.15, -0.1) is 11.3 Å². The Labute approximate surface area is 190 Å². The number of ether oxygens (including phenoxy) is 2. The molecule has 31 heavy (non-hydrogen) atoms. The average molecular weight is 461 g/mol. The Balaban J connectivity index is 1.73. The van der Waals surface area contributed by atoms with Gasteiger partial charge in [-0.25, -0.2) is 14.8 Å². The van der Waals surface area contributed by atoms with E-state index in [-0.39, 0.29) is 6.61 Å². The number of amides is 1. The van der Waals surface area contributed by atoms with Crippen molar-refractivity contribution in [2.45, 2.75) is 32.8 Å². The van der Waals surface area contributed by atoms with Crippen LogP contribution in [0.15, 0.2) is 48.1 Å². The predicted octanol–water partition coefficient (Wildman–Crippen LogP) is 5.88. The van der Waals surface area contributed by atoms with Crippen molar-refractivity contribution >= 4 is 40.0 Å². The van der Waals surface area contributed by atoms with E-state index in [1.54, 1.807) is 25.4 Å². The molecule has 1 aromatic carbocycles. The van der Waals surface area contributed by atoms with Gasteiger partial charge in [-0.05, 0) is 54.7 Å². The molecule has 3 rings (SSSR count). The smallest absolute Gasteiger partial charge is 0.405 e. The molecular weight excluding hydrogens is 436 g/mol. The molecule has 0 bridgehead atoms. The molecule has 164 valence electrons. The number of rotatable bonds is 9. The van der Waals surface area contributed by atoms with E-state index >= 15 is 0 Å². The summed E-state index contributed by atoms with van der Waals surface area (Å²) >= 11 is 7.98. The normalized spacial score (nSPS) is 12.9. The molecule has 2 heterocycles. The first-order valence-corrected chi connectivity index (χ1v) is 11.0. The summed E-state index contributed by atoms with van der Waals surface area (Å²) in [5.74, 6) is 1.49. The largest absolute Gasteiger partial charge is 0.488 e. The number of nitrogens with one attached hydrogen (secondary N) is 1. The molecule has 0 fully saturated rings. The van der Waals surface area contributed by atoms with E-state index in [0.29, 0.717) is 28.9 Å². The van der Waals surface area contributed by atoms with Gasteiger partial charge in [-0.2, -0.15) is 0 Å². The number of benzene rings is 1. The lowest BCUT2D eigenvalue weighted by molar-refractivity contribution is -0.0185. The van der Waals surface area contributed by atoms with E-state index in [1.807, 2.05) is 43.5 Å². The van der Waals surface area contributed by atoms with E-state index in [9.17, 15) is 4.79 Å². The van der Waals surface area contributed by atoms with Crippen LogP contribution in [0.1, 0.15) is 27.2 Å². The first-order chi connectivity index (χ1) is 14.7. The third-order valence-corrected chi connectivity index (χ3v) is 5.40. The maximum Gasteiger partial charge on any atom is 0.405 e. The Morgan fingerprint density at radius 2 is 2.00 bits per heavy atom. The Morgan fingerprint density at radius 3 is 2.65 bits per heavy atom. The Bertz CT molecular complexity index is 1030. The van der Waals surface area contributed by atoms with Crippen LogP contribution in [-0.4, -0.2) is 28.3 Å². The summed E-state index contributed by atoms with van der Waals surface area (Å²) < 4.78 is 11.2. The van der Waals surface area contributed by atoms with Crippen LogP contribution in [-0.2, 0) is 4.74 Å². The van der Waals surface area contributed by atoms with Gasteiger partial charge in [-0.1, -0.05) is 31.5 Å².